The summed E-state index contributed by atoms with van der Waals surface area (Å²) in [6.07, 6.45) is 5.08. The Kier molecular flexibility index (Phi) is 7.25. The number of ether oxygens (including phenoxy) is 1. The summed E-state index contributed by atoms with van der Waals surface area (Å²) in [5.41, 5.74) is 3.58. The first-order chi connectivity index (χ1) is 16.0. The first-order valence-electron chi connectivity index (χ1n) is 11.0. The summed E-state index contributed by atoms with van der Waals surface area (Å²) in [5.74, 6) is 1.62. The molecular formula is C26H27ClN4O2. The molecule has 0 unspecified atom stereocenters. The van der Waals surface area contributed by atoms with Gasteiger partial charge in [0.2, 0.25) is 0 Å². The Morgan fingerprint density at radius 1 is 1.12 bits per heavy atom. The number of aryl methyl sites for hydroxylation is 2. The number of benzene rings is 2. The normalized spacial score (nSPS) is 11.0. The molecule has 170 valence electrons. The first kappa shape index (κ1) is 22.8. The summed E-state index contributed by atoms with van der Waals surface area (Å²) in [6, 6.07) is 17.3. The number of fused-ring (bicyclic) bond motifs is 1. The van der Waals surface area contributed by atoms with Gasteiger partial charge >= 0.3 is 0 Å². The van der Waals surface area contributed by atoms with Gasteiger partial charge in [0.1, 0.15) is 11.6 Å². The molecule has 7 heteroatoms. The summed E-state index contributed by atoms with van der Waals surface area (Å²) in [5, 5.41) is 0.744. The molecule has 0 aliphatic rings. The molecule has 0 aliphatic carbocycles. The largest absolute Gasteiger partial charge is 0.494 e. The van der Waals surface area contributed by atoms with Gasteiger partial charge < -0.3 is 14.2 Å². The van der Waals surface area contributed by atoms with Gasteiger partial charge in [-0.1, -0.05) is 23.7 Å². The Morgan fingerprint density at radius 2 is 1.97 bits per heavy atom. The van der Waals surface area contributed by atoms with E-state index in [1.807, 2.05) is 43.3 Å². The van der Waals surface area contributed by atoms with Crippen molar-refractivity contribution in [1.82, 2.24) is 19.4 Å². The van der Waals surface area contributed by atoms with Crippen molar-refractivity contribution in [1.29, 1.82) is 0 Å². The number of imidazole rings is 1. The topological polar surface area (TPSA) is 60.2 Å². The van der Waals surface area contributed by atoms with Crippen molar-refractivity contribution in [3.05, 3.63) is 89.0 Å². The van der Waals surface area contributed by atoms with Crippen LogP contribution < -0.4 is 4.74 Å². The van der Waals surface area contributed by atoms with Gasteiger partial charge in [0.05, 0.1) is 29.7 Å². The second-order valence-corrected chi connectivity index (χ2v) is 8.45. The van der Waals surface area contributed by atoms with Crippen LogP contribution >= 0.6 is 11.6 Å². The molecule has 0 fully saturated rings. The predicted octanol–water partition coefficient (Wildman–Crippen LogP) is 5.52. The van der Waals surface area contributed by atoms with Gasteiger partial charge in [0.15, 0.2) is 0 Å². The maximum absolute atomic E-state index is 12.8. The molecule has 0 radical (unpaired) electrons. The SMILES string of the molecule is Cc1cc(OCCCCn2c(CN(C)C(=O)c3cccnc3)nc3ccccc32)ccc1Cl. The molecule has 6 nitrogen and oxygen atoms in total. The van der Waals surface area contributed by atoms with Crippen LogP contribution in [0.15, 0.2) is 67.0 Å². The maximum atomic E-state index is 12.8. The van der Waals surface area contributed by atoms with E-state index in [1.165, 1.54) is 0 Å². The Labute approximate surface area is 198 Å². The van der Waals surface area contributed by atoms with E-state index in [1.54, 1.807) is 36.5 Å². The Balaban J connectivity index is 1.40. The van der Waals surface area contributed by atoms with Gasteiger partial charge in [-0.25, -0.2) is 4.98 Å². The second kappa shape index (κ2) is 10.5. The van der Waals surface area contributed by atoms with Crippen molar-refractivity contribution in [2.24, 2.45) is 0 Å². The lowest BCUT2D eigenvalue weighted by Crippen LogP contribution is -2.28. The molecule has 33 heavy (non-hydrogen) atoms. The van der Waals surface area contributed by atoms with E-state index in [4.69, 9.17) is 21.3 Å². The van der Waals surface area contributed by atoms with E-state index in [2.05, 4.69) is 15.6 Å². The number of hydrogen-bond acceptors (Lipinski definition) is 4. The highest BCUT2D eigenvalue weighted by atomic mass is 35.5. The number of carbonyl (C=O) groups is 1. The van der Waals surface area contributed by atoms with Crippen molar-refractivity contribution in [2.75, 3.05) is 13.7 Å². The van der Waals surface area contributed by atoms with Crippen molar-refractivity contribution >= 4 is 28.5 Å². The van der Waals surface area contributed by atoms with Crippen LogP contribution in [0.3, 0.4) is 0 Å². The summed E-state index contributed by atoms with van der Waals surface area (Å²) >= 11 is 6.08. The molecule has 4 rings (SSSR count). The highest BCUT2D eigenvalue weighted by molar-refractivity contribution is 6.31. The number of para-hydroxylation sites is 2. The van der Waals surface area contributed by atoms with Crippen molar-refractivity contribution in [2.45, 2.75) is 32.9 Å². The zero-order chi connectivity index (χ0) is 23.2. The molecule has 2 aromatic heterocycles. The standard InChI is InChI=1S/C26H27ClN4O2/c1-19-16-21(11-12-22(19)27)33-15-6-5-14-31-24-10-4-3-9-23(24)29-25(31)18-30(2)26(32)20-8-7-13-28-17-20/h3-4,7-13,16-17H,5-6,14-15,18H2,1-2H3. The lowest BCUT2D eigenvalue weighted by molar-refractivity contribution is 0.0779. The van der Waals surface area contributed by atoms with Crippen LogP contribution in [-0.2, 0) is 13.1 Å². The second-order valence-electron chi connectivity index (χ2n) is 8.04. The molecule has 0 aliphatic heterocycles. The fourth-order valence-corrected chi connectivity index (χ4v) is 3.88. The Hall–Kier alpha value is -3.38. The van der Waals surface area contributed by atoms with Gasteiger partial charge in [0, 0.05) is 31.0 Å². The Morgan fingerprint density at radius 3 is 2.76 bits per heavy atom. The summed E-state index contributed by atoms with van der Waals surface area (Å²) in [4.78, 5) is 23.3. The molecule has 0 saturated heterocycles. The van der Waals surface area contributed by atoms with Crippen LogP contribution in [0.25, 0.3) is 11.0 Å². The maximum Gasteiger partial charge on any atom is 0.255 e. The smallest absolute Gasteiger partial charge is 0.255 e. The van der Waals surface area contributed by atoms with Gasteiger partial charge in [-0.2, -0.15) is 0 Å². The van der Waals surface area contributed by atoms with E-state index in [0.717, 1.165) is 52.6 Å². The van der Waals surface area contributed by atoms with E-state index in [0.29, 0.717) is 18.7 Å². The van der Waals surface area contributed by atoms with Gasteiger partial charge in [-0.15, -0.1) is 0 Å². The van der Waals surface area contributed by atoms with Gasteiger partial charge in [-0.05, 0) is 67.8 Å². The van der Waals surface area contributed by atoms with E-state index in [9.17, 15) is 4.79 Å². The van der Waals surface area contributed by atoms with Crippen LogP contribution in [0.4, 0.5) is 0 Å². The Bertz CT molecular complexity index is 1240. The van der Waals surface area contributed by atoms with Crippen LogP contribution in [0.2, 0.25) is 5.02 Å². The molecular weight excluding hydrogens is 436 g/mol. The fourth-order valence-electron chi connectivity index (χ4n) is 3.76. The number of hydrogen-bond donors (Lipinski definition) is 0. The number of aromatic nitrogens is 3. The number of carbonyl (C=O) groups excluding carboxylic acids is 1. The van der Waals surface area contributed by atoms with Gasteiger partial charge in [-0.3, -0.25) is 9.78 Å². The lowest BCUT2D eigenvalue weighted by Gasteiger charge is -2.18. The van der Waals surface area contributed by atoms with E-state index < -0.39 is 0 Å². The first-order valence-corrected chi connectivity index (χ1v) is 11.4. The minimum Gasteiger partial charge on any atom is -0.494 e. The zero-order valence-electron chi connectivity index (χ0n) is 18.9. The fraction of sp³-hybridized carbons (Fsp3) is 0.269. The average Bonchev–Trinajstić information content (AvgIpc) is 3.18. The van der Waals surface area contributed by atoms with Crippen molar-refractivity contribution < 1.29 is 9.53 Å². The molecule has 1 amide bonds. The highest BCUT2D eigenvalue weighted by Gasteiger charge is 2.17. The molecule has 0 spiro atoms. The molecule has 0 bridgehead atoms. The molecule has 0 atom stereocenters. The van der Waals surface area contributed by atoms with Crippen molar-refractivity contribution in [3.63, 3.8) is 0 Å². The minimum absolute atomic E-state index is 0.0756. The molecule has 4 aromatic rings. The van der Waals surface area contributed by atoms with Crippen LogP contribution in [0.5, 0.6) is 5.75 Å². The third kappa shape index (κ3) is 5.52. The molecule has 0 saturated carbocycles. The third-order valence-corrected chi connectivity index (χ3v) is 5.97. The molecule has 2 heterocycles. The number of nitrogens with zero attached hydrogens (tertiary/aromatic N) is 4. The van der Waals surface area contributed by atoms with E-state index >= 15 is 0 Å². The van der Waals surface area contributed by atoms with Gasteiger partial charge in [0.25, 0.3) is 5.91 Å². The van der Waals surface area contributed by atoms with Crippen LogP contribution in [0, 0.1) is 6.92 Å². The zero-order valence-corrected chi connectivity index (χ0v) is 19.6. The lowest BCUT2D eigenvalue weighted by atomic mass is 10.2. The quantitative estimate of drug-likeness (QED) is 0.307. The number of pyridine rings is 1. The summed E-state index contributed by atoms with van der Waals surface area (Å²) in [7, 11) is 1.79. The van der Waals surface area contributed by atoms with Crippen molar-refractivity contribution in [3.8, 4) is 5.75 Å². The van der Waals surface area contributed by atoms with Crippen LogP contribution in [0.1, 0.15) is 34.6 Å². The monoisotopic (exact) mass is 462 g/mol. The number of amides is 1. The number of halogens is 1. The van der Waals surface area contributed by atoms with Crippen LogP contribution in [-0.4, -0.2) is 39.0 Å². The number of rotatable bonds is 9. The van der Waals surface area contributed by atoms with E-state index in [-0.39, 0.29) is 5.91 Å². The third-order valence-electron chi connectivity index (χ3n) is 5.54. The summed E-state index contributed by atoms with van der Waals surface area (Å²) < 4.78 is 8.08. The average molecular weight is 463 g/mol. The number of unbranched alkanes of at least 4 members (excludes halogenated alkanes) is 1. The summed E-state index contributed by atoms with van der Waals surface area (Å²) in [6.45, 7) is 3.82. The molecule has 0 N–H and O–H groups in total. The molecule has 2 aromatic carbocycles. The minimum atomic E-state index is -0.0756. The highest BCUT2D eigenvalue weighted by Crippen LogP contribution is 2.22. The predicted molar refractivity (Wildman–Crippen MR) is 131 cm³/mol.